The van der Waals surface area contributed by atoms with Gasteiger partial charge in [0.2, 0.25) is 10.0 Å². The van der Waals surface area contributed by atoms with E-state index in [2.05, 4.69) is 4.72 Å². The molecule has 0 bridgehead atoms. The van der Waals surface area contributed by atoms with Crippen LogP contribution < -0.4 is 4.72 Å². The van der Waals surface area contributed by atoms with Gasteiger partial charge < -0.3 is 5.11 Å². The minimum Gasteiger partial charge on any atom is -0.478 e. The Morgan fingerprint density at radius 2 is 2.06 bits per heavy atom. The minimum atomic E-state index is -3.48. The van der Waals surface area contributed by atoms with Crippen molar-refractivity contribution in [3.63, 3.8) is 0 Å². The van der Waals surface area contributed by atoms with Gasteiger partial charge in [0.1, 0.15) is 0 Å². The van der Waals surface area contributed by atoms with Gasteiger partial charge in [-0.2, -0.15) is 0 Å². The van der Waals surface area contributed by atoms with E-state index in [0.717, 1.165) is 12.0 Å². The fraction of sp³-hybridized carbons (Fsp3) is 0.417. The summed E-state index contributed by atoms with van der Waals surface area (Å²) in [5, 5.41) is 8.99. The molecule has 0 atom stereocenters. The molecule has 0 aliphatic rings. The molecule has 0 radical (unpaired) electrons. The molecule has 0 aliphatic carbocycles. The number of hydrogen-bond donors (Lipinski definition) is 2. The standard InChI is InChI=1S/C12H17NO4S/c1-3-4-7-18(16,17)13-11-8-9(2)5-6-10(11)12(14)15/h5-6,8,13H,3-4,7H2,1-2H3,(H,14,15). The highest BCUT2D eigenvalue weighted by Crippen LogP contribution is 2.19. The molecule has 6 heteroatoms. The quantitative estimate of drug-likeness (QED) is 0.831. The van der Waals surface area contributed by atoms with Crippen LogP contribution in [0.15, 0.2) is 18.2 Å². The highest BCUT2D eigenvalue weighted by Gasteiger charge is 2.15. The van der Waals surface area contributed by atoms with Gasteiger partial charge in [-0.15, -0.1) is 0 Å². The lowest BCUT2D eigenvalue weighted by molar-refractivity contribution is 0.0698. The molecule has 0 aromatic heterocycles. The Bertz CT molecular complexity index is 537. The lowest BCUT2D eigenvalue weighted by Crippen LogP contribution is -2.18. The van der Waals surface area contributed by atoms with Crippen LogP contribution in [0.4, 0.5) is 5.69 Å². The van der Waals surface area contributed by atoms with E-state index >= 15 is 0 Å². The number of unbranched alkanes of at least 4 members (excludes halogenated alkanes) is 1. The predicted octanol–water partition coefficient (Wildman–Crippen LogP) is 2.24. The first-order chi connectivity index (χ1) is 8.35. The summed E-state index contributed by atoms with van der Waals surface area (Å²) >= 11 is 0. The van der Waals surface area contributed by atoms with Crippen LogP contribution in [0.2, 0.25) is 0 Å². The van der Waals surface area contributed by atoms with Crippen LogP contribution in [-0.4, -0.2) is 25.2 Å². The third-order valence-corrected chi connectivity index (χ3v) is 3.79. The average Bonchev–Trinajstić information content (AvgIpc) is 2.25. The number of aromatic carboxylic acids is 1. The molecule has 1 rings (SSSR count). The van der Waals surface area contributed by atoms with Crippen molar-refractivity contribution in [2.75, 3.05) is 10.5 Å². The molecule has 18 heavy (non-hydrogen) atoms. The van der Waals surface area contributed by atoms with Crippen molar-refractivity contribution in [2.45, 2.75) is 26.7 Å². The maximum absolute atomic E-state index is 11.7. The van der Waals surface area contributed by atoms with Crippen molar-refractivity contribution in [2.24, 2.45) is 0 Å². The third kappa shape index (κ3) is 4.03. The molecule has 0 saturated heterocycles. The lowest BCUT2D eigenvalue weighted by atomic mass is 10.1. The largest absolute Gasteiger partial charge is 0.478 e. The Morgan fingerprint density at radius 3 is 2.61 bits per heavy atom. The molecule has 0 amide bonds. The van der Waals surface area contributed by atoms with Crippen molar-refractivity contribution in [1.29, 1.82) is 0 Å². The van der Waals surface area contributed by atoms with Gasteiger partial charge in [-0.1, -0.05) is 19.4 Å². The third-order valence-electron chi connectivity index (χ3n) is 2.44. The maximum atomic E-state index is 11.7. The SMILES string of the molecule is CCCCS(=O)(=O)Nc1cc(C)ccc1C(=O)O. The number of sulfonamides is 1. The molecular weight excluding hydrogens is 254 g/mol. The van der Waals surface area contributed by atoms with Crippen molar-refractivity contribution in [1.82, 2.24) is 0 Å². The summed E-state index contributed by atoms with van der Waals surface area (Å²) in [6.07, 6.45) is 1.31. The average molecular weight is 271 g/mol. The highest BCUT2D eigenvalue weighted by molar-refractivity contribution is 7.92. The molecule has 0 spiro atoms. The Balaban J connectivity index is 3.02. The number of rotatable bonds is 6. The summed E-state index contributed by atoms with van der Waals surface area (Å²) in [4.78, 5) is 11.0. The zero-order chi connectivity index (χ0) is 13.8. The van der Waals surface area contributed by atoms with E-state index in [-0.39, 0.29) is 17.0 Å². The van der Waals surface area contributed by atoms with E-state index in [1.807, 2.05) is 6.92 Å². The lowest BCUT2D eigenvalue weighted by Gasteiger charge is -2.11. The second-order valence-corrected chi connectivity index (χ2v) is 5.97. The summed E-state index contributed by atoms with van der Waals surface area (Å²) in [5.41, 5.74) is 0.882. The number of carbonyl (C=O) groups is 1. The summed E-state index contributed by atoms with van der Waals surface area (Å²) in [6.45, 7) is 3.67. The number of carboxylic acids is 1. The predicted molar refractivity (Wildman–Crippen MR) is 70.5 cm³/mol. The van der Waals surface area contributed by atoms with Crippen LogP contribution in [0.3, 0.4) is 0 Å². The Hall–Kier alpha value is -1.56. The van der Waals surface area contributed by atoms with Crippen LogP contribution in [0.25, 0.3) is 0 Å². The van der Waals surface area contributed by atoms with Gasteiger partial charge in [-0.25, -0.2) is 13.2 Å². The van der Waals surface area contributed by atoms with Crippen molar-refractivity contribution >= 4 is 21.7 Å². The summed E-state index contributed by atoms with van der Waals surface area (Å²) in [5.74, 6) is -1.15. The van der Waals surface area contributed by atoms with Crippen LogP contribution >= 0.6 is 0 Å². The van der Waals surface area contributed by atoms with E-state index in [4.69, 9.17) is 5.11 Å². The molecule has 0 unspecified atom stereocenters. The smallest absolute Gasteiger partial charge is 0.337 e. The van der Waals surface area contributed by atoms with E-state index in [1.165, 1.54) is 12.1 Å². The first-order valence-electron chi connectivity index (χ1n) is 5.70. The molecule has 1 aromatic carbocycles. The fourth-order valence-corrected chi connectivity index (χ4v) is 2.76. The van der Waals surface area contributed by atoms with Crippen molar-refractivity contribution in [3.05, 3.63) is 29.3 Å². The second kappa shape index (κ2) is 5.86. The van der Waals surface area contributed by atoms with E-state index < -0.39 is 16.0 Å². The van der Waals surface area contributed by atoms with Gasteiger partial charge in [0.25, 0.3) is 0 Å². The van der Waals surface area contributed by atoms with Crippen LogP contribution in [-0.2, 0) is 10.0 Å². The first kappa shape index (κ1) is 14.5. The van der Waals surface area contributed by atoms with Crippen LogP contribution in [0, 0.1) is 6.92 Å². The summed E-state index contributed by atoms with van der Waals surface area (Å²) in [6, 6.07) is 4.55. The van der Waals surface area contributed by atoms with Gasteiger partial charge in [0, 0.05) is 0 Å². The zero-order valence-electron chi connectivity index (χ0n) is 10.4. The number of carboxylic acid groups (broad SMARTS) is 1. The normalized spacial score (nSPS) is 11.2. The molecular formula is C12H17NO4S. The van der Waals surface area contributed by atoms with Crippen molar-refractivity contribution < 1.29 is 18.3 Å². The summed E-state index contributed by atoms with van der Waals surface area (Å²) < 4.78 is 25.8. The van der Waals surface area contributed by atoms with Gasteiger partial charge in [-0.3, -0.25) is 4.72 Å². The van der Waals surface area contributed by atoms with E-state index in [9.17, 15) is 13.2 Å². The zero-order valence-corrected chi connectivity index (χ0v) is 11.3. The second-order valence-electron chi connectivity index (χ2n) is 4.13. The van der Waals surface area contributed by atoms with E-state index in [0.29, 0.717) is 6.42 Å². The Kier molecular flexibility index (Phi) is 4.72. The molecule has 5 nitrogen and oxygen atoms in total. The van der Waals surface area contributed by atoms with E-state index in [1.54, 1.807) is 13.0 Å². The van der Waals surface area contributed by atoms with Gasteiger partial charge in [0.15, 0.2) is 0 Å². The number of aryl methyl sites for hydroxylation is 1. The molecule has 0 fully saturated rings. The molecule has 100 valence electrons. The molecule has 1 aromatic rings. The summed E-state index contributed by atoms with van der Waals surface area (Å²) in [7, 11) is -3.48. The highest BCUT2D eigenvalue weighted by atomic mass is 32.2. The monoisotopic (exact) mass is 271 g/mol. The first-order valence-corrected chi connectivity index (χ1v) is 7.35. The number of nitrogens with one attached hydrogen (secondary N) is 1. The van der Waals surface area contributed by atoms with Gasteiger partial charge in [0.05, 0.1) is 17.0 Å². The Morgan fingerprint density at radius 1 is 1.39 bits per heavy atom. The number of hydrogen-bond acceptors (Lipinski definition) is 3. The minimum absolute atomic E-state index is 0.00347. The molecule has 2 N–H and O–H groups in total. The molecule has 0 aliphatic heterocycles. The van der Waals surface area contributed by atoms with Crippen LogP contribution in [0.5, 0.6) is 0 Å². The fourth-order valence-electron chi connectivity index (χ4n) is 1.48. The number of anilines is 1. The molecule has 0 saturated carbocycles. The van der Waals surface area contributed by atoms with Crippen LogP contribution in [0.1, 0.15) is 35.7 Å². The van der Waals surface area contributed by atoms with Crippen molar-refractivity contribution in [3.8, 4) is 0 Å². The Labute approximate surface area is 107 Å². The molecule has 0 heterocycles. The number of benzene rings is 1. The maximum Gasteiger partial charge on any atom is 0.337 e. The topological polar surface area (TPSA) is 83.5 Å². The van der Waals surface area contributed by atoms with Gasteiger partial charge in [-0.05, 0) is 31.0 Å². The van der Waals surface area contributed by atoms with Gasteiger partial charge >= 0.3 is 5.97 Å².